The molecule has 5 rings (SSSR count). The van der Waals surface area contributed by atoms with Crippen molar-refractivity contribution >= 4 is 49.6 Å². The molecule has 146 valence electrons. The number of allylic oxidation sites excluding steroid dienone is 4. The molecule has 29 heavy (non-hydrogen) atoms. The summed E-state index contributed by atoms with van der Waals surface area (Å²) in [6.07, 6.45) is 10.0. The van der Waals surface area contributed by atoms with E-state index in [1.54, 1.807) is 0 Å². The minimum Gasteiger partial charge on any atom is -0.273 e. The van der Waals surface area contributed by atoms with E-state index in [0.717, 1.165) is 6.42 Å². The zero-order valence-corrected chi connectivity index (χ0v) is 20.4. The van der Waals surface area contributed by atoms with Gasteiger partial charge in [0.05, 0.1) is 0 Å². The van der Waals surface area contributed by atoms with E-state index in [0.29, 0.717) is 0 Å². The summed E-state index contributed by atoms with van der Waals surface area (Å²) in [4.78, 5) is 0. The number of rotatable bonds is 1. The molecule has 0 atom stereocenters. The van der Waals surface area contributed by atoms with Crippen LogP contribution in [0.2, 0.25) is 0 Å². The van der Waals surface area contributed by atoms with Crippen molar-refractivity contribution in [3.05, 3.63) is 115 Å². The molecular formula is C26H24Cl2Zr. The second-order valence-corrected chi connectivity index (χ2v) is 8.16. The molecule has 0 unspecified atom stereocenters. The quantitative estimate of drug-likeness (QED) is 0.237. The van der Waals surface area contributed by atoms with Crippen LogP contribution in [-0.4, -0.2) is 3.21 Å². The topological polar surface area (TPSA) is 0 Å². The van der Waals surface area contributed by atoms with Crippen LogP contribution in [0.4, 0.5) is 0 Å². The van der Waals surface area contributed by atoms with E-state index in [-0.39, 0.29) is 24.8 Å². The maximum absolute atomic E-state index is 2.99. The Morgan fingerprint density at radius 1 is 0.793 bits per heavy atom. The summed E-state index contributed by atoms with van der Waals surface area (Å²) in [5, 5.41) is 5.39. The van der Waals surface area contributed by atoms with Crippen molar-refractivity contribution in [2.24, 2.45) is 0 Å². The zero-order valence-electron chi connectivity index (χ0n) is 16.3. The monoisotopic (exact) mass is 496 g/mol. The van der Waals surface area contributed by atoms with Gasteiger partial charge in [0.15, 0.2) is 0 Å². The fourth-order valence-corrected chi connectivity index (χ4v) is 3.34. The number of fused-ring (bicyclic) bond motifs is 3. The SMILES string of the molecule is C[C](=[Zr+2])c1ccccc1.Cl.Cl.[C-]1=CC=CC1.c1ccc2c(c1)[cH-]c1ccccc12. The summed E-state index contributed by atoms with van der Waals surface area (Å²) in [5.74, 6) is 0. The van der Waals surface area contributed by atoms with Gasteiger partial charge in [0, 0.05) is 0 Å². The van der Waals surface area contributed by atoms with Gasteiger partial charge in [-0.25, -0.2) is 12.2 Å². The third-order valence-corrected chi connectivity index (χ3v) is 5.02. The van der Waals surface area contributed by atoms with E-state index in [9.17, 15) is 0 Å². The van der Waals surface area contributed by atoms with E-state index >= 15 is 0 Å². The fourth-order valence-electron chi connectivity index (χ4n) is 2.93. The van der Waals surface area contributed by atoms with Crippen LogP contribution < -0.4 is 0 Å². The fraction of sp³-hybridized carbons (Fsp3) is 0.0769. The molecule has 0 nitrogen and oxygen atoms in total. The summed E-state index contributed by atoms with van der Waals surface area (Å²) >= 11 is 1.51. The van der Waals surface area contributed by atoms with Gasteiger partial charge in [-0.05, 0) is 0 Å². The van der Waals surface area contributed by atoms with Crippen LogP contribution in [0.5, 0.6) is 0 Å². The van der Waals surface area contributed by atoms with Crippen LogP contribution >= 0.6 is 24.8 Å². The van der Waals surface area contributed by atoms with Crippen molar-refractivity contribution in [1.82, 2.24) is 0 Å². The molecule has 0 saturated carbocycles. The van der Waals surface area contributed by atoms with Crippen LogP contribution in [0, 0.1) is 6.08 Å². The van der Waals surface area contributed by atoms with E-state index in [1.807, 2.05) is 18.2 Å². The summed E-state index contributed by atoms with van der Waals surface area (Å²) in [6.45, 7) is 2.16. The first-order valence-electron chi connectivity index (χ1n) is 9.11. The molecule has 0 spiro atoms. The smallest absolute Gasteiger partial charge is 0.0771 e. The van der Waals surface area contributed by atoms with Crippen molar-refractivity contribution < 1.29 is 24.2 Å². The Labute approximate surface area is 200 Å². The molecule has 1 aliphatic carbocycles. The first kappa shape index (κ1) is 25.4. The van der Waals surface area contributed by atoms with Gasteiger partial charge in [0.2, 0.25) is 0 Å². The van der Waals surface area contributed by atoms with Gasteiger partial charge >= 0.3 is 70.3 Å². The molecule has 0 amide bonds. The molecular weight excluding hydrogens is 474 g/mol. The molecule has 3 heteroatoms. The Bertz CT molecular complexity index is 1020. The average Bonchev–Trinajstić information content (AvgIpc) is 3.41. The minimum atomic E-state index is 0. The zero-order chi connectivity index (χ0) is 18.9. The van der Waals surface area contributed by atoms with Crippen molar-refractivity contribution in [3.8, 4) is 0 Å². The molecule has 0 saturated heterocycles. The molecule has 0 N–H and O–H groups in total. The van der Waals surface area contributed by atoms with Crippen LogP contribution in [0.1, 0.15) is 18.9 Å². The van der Waals surface area contributed by atoms with Gasteiger partial charge in [-0.15, -0.1) is 71.0 Å². The van der Waals surface area contributed by atoms with Gasteiger partial charge < -0.3 is 0 Å². The second-order valence-electron chi connectivity index (χ2n) is 6.31. The summed E-state index contributed by atoms with van der Waals surface area (Å²) in [7, 11) is 0. The average molecular weight is 499 g/mol. The van der Waals surface area contributed by atoms with Crippen molar-refractivity contribution in [3.63, 3.8) is 0 Å². The third kappa shape index (κ3) is 7.59. The Kier molecular flexibility index (Phi) is 11.9. The number of hydrogen-bond acceptors (Lipinski definition) is 0. The summed E-state index contributed by atoms with van der Waals surface area (Å²) < 4.78 is 1.46. The molecule has 4 aromatic carbocycles. The normalized spacial score (nSPS) is 10.9. The largest absolute Gasteiger partial charge is 0.273 e. The van der Waals surface area contributed by atoms with Crippen LogP contribution in [-0.2, 0) is 24.2 Å². The van der Waals surface area contributed by atoms with Gasteiger partial charge in [-0.2, -0.15) is 6.08 Å². The molecule has 0 radical (unpaired) electrons. The van der Waals surface area contributed by atoms with E-state index in [1.165, 1.54) is 54.5 Å². The van der Waals surface area contributed by atoms with Gasteiger partial charge in [-0.3, -0.25) is 6.08 Å². The predicted octanol–water partition coefficient (Wildman–Crippen LogP) is 7.63. The van der Waals surface area contributed by atoms with Crippen LogP contribution in [0.25, 0.3) is 21.5 Å². The molecule has 0 fully saturated rings. The molecule has 0 heterocycles. The van der Waals surface area contributed by atoms with Crippen molar-refractivity contribution in [1.29, 1.82) is 0 Å². The summed E-state index contributed by atoms with van der Waals surface area (Å²) in [6, 6.07) is 29.7. The van der Waals surface area contributed by atoms with Gasteiger partial charge in [0.25, 0.3) is 0 Å². The maximum Gasteiger partial charge on any atom is -0.0771 e. The van der Waals surface area contributed by atoms with Crippen LogP contribution in [0.15, 0.2) is 103 Å². The van der Waals surface area contributed by atoms with E-state index in [4.69, 9.17) is 0 Å². The molecule has 4 aromatic rings. The second kappa shape index (κ2) is 13.5. The Hall–Kier alpha value is -1.66. The molecule has 0 bridgehead atoms. The molecule has 0 aromatic heterocycles. The Balaban J connectivity index is 0.000000231. The first-order chi connectivity index (χ1) is 13.3. The van der Waals surface area contributed by atoms with Crippen molar-refractivity contribution in [2.75, 3.05) is 0 Å². The van der Waals surface area contributed by atoms with Crippen LogP contribution in [0.3, 0.4) is 0 Å². The third-order valence-electron chi connectivity index (χ3n) is 4.32. The van der Waals surface area contributed by atoms with E-state index < -0.39 is 0 Å². The Morgan fingerprint density at radius 3 is 1.69 bits per heavy atom. The Morgan fingerprint density at radius 2 is 1.31 bits per heavy atom. The number of hydrogen-bond donors (Lipinski definition) is 0. The van der Waals surface area contributed by atoms with Crippen molar-refractivity contribution in [2.45, 2.75) is 13.3 Å². The molecule has 1 aliphatic rings. The minimum absolute atomic E-state index is 0. The maximum atomic E-state index is 2.99. The number of halogens is 2. The van der Waals surface area contributed by atoms with Gasteiger partial charge in [0.1, 0.15) is 0 Å². The number of benzene rings is 3. The van der Waals surface area contributed by atoms with Gasteiger partial charge in [-0.1, -0.05) is 36.4 Å². The molecule has 0 aliphatic heterocycles. The predicted molar refractivity (Wildman–Crippen MR) is 129 cm³/mol. The summed E-state index contributed by atoms with van der Waals surface area (Å²) in [5.41, 5.74) is 1.37. The first-order valence-corrected chi connectivity index (χ1v) is 10.3. The van der Waals surface area contributed by atoms with E-state index in [2.05, 4.69) is 97.9 Å². The standard InChI is InChI=1S/C13H9.C8H8.C5H5.2ClH.Zr/c1-3-7-12-10(5-1)9-11-6-2-4-8-13(11)12;1-2-8-6-4-3-5-7-8;1-2-4-5-3-1;;;/h1-9H;3-7H,1H3;1-3H,4H2;2*1H;/q-1;;-1;;;+2.